The number of carbonyl (C=O) groups is 2. The van der Waals surface area contributed by atoms with Crippen LogP contribution in [0.25, 0.3) is 6.08 Å². The Labute approximate surface area is 160 Å². The second-order valence-electron chi connectivity index (χ2n) is 6.31. The van der Waals surface area contributed by atoms with E-state index in [1.165, 1.54) is 4.90 Å². The molecule has 0 fully saturated rings. The molecule has 27 heavy (non-hydrogen) atoms. The molecule has 1 aliphatic rings. The molecular weight excluding hydrogens is 340 g/mol. The Morgan fingerprint density at radius 1 is 1.19 bits per heavy atom. The molecule has 2 rings (SSSR count). The minimum atomic E-state index is -0.499. The zero-order valence-electron chi connectivity index (χ0n) is 15.8. The minimum Gasteiger partial charge on any atom is -0.490 e. The van der Waals surface area contributed by atoms with E-state index in [0.29, 0.717) is 30.0 Å². The van der Waals surface area contributed by atoms with E-state index < -0.39 is 5.91 Å². The van der Waals surface area contributed by atoms with Crippen molar-refractivity contribution in [2.24, 2.45) is 0 Å². The third-order valence-corrected chi connectivity index (χ3v) is 4.37. The van der Waals surface area contributed by atoms with Crippen molar-refractivity contribution in [3.05, 3.63) is 59.2 Å². The number of carbonyl (C=O) groups excluding carboxylic acids is 2. The standard InChI is InChI=1S/C22H24N2O3/c1-4-6-7-12-24-21(25)19(16(3)20(15-23)22(24)26)14-17-8-10-18(11-9-17)27-13-5-2/h5,8-11,14H,2,4,6-7,12-13H2,1,3H3/b19-14+. The van der Waals surface area contributed by atoms with Gasteiger partial charge < -0.3 is 4.74 Å². The quantitative estimate of drug-likeness (QED) is 0.302. The Morgan fingerprint density at radius 2 is 1.89 bits per heavy atom. The molecule has 0 spiro atoms. The highest BCUT2D eigenvalue weighted by Crippen LogP contribution is 2.27. The van der Waals surface area contributed by atoms with Gasteiger partial charge in [0, 0.05) is 12.1 Å². The Kier molecular flexibility index (Phi) is 7.13. The van der Waals surface area contributed by atoms with E-state index in [0.717, 1.165) is 24.8 Å². The fourth-order valence-electron chi connectivity index (χ4n) is 2.83. The summed E-state index contributed by atoms with van der Waals surface area (Å²) in [5.74, 6) is -0.144. The van der Waals surface area contributed by atoms with Gasteiger partial charge in [0.25, 0.3) is 11.8 Å². The van der Waals surface area contributed by atoms with E-state index in [9.17, 15) is 14.9 Å². The number of benzene rings is 1. The van der Waals surface area contributed by atoms with Crippen molar-refractivity contribution in [2.75, 3.05) is 13.2 Å². The number of rotatable bonds is 8. The fraction of sp³-hybridized carbons (Fsp3) is 0.318. The van der Waals surface area contributed by atoms with E-state index in [4.69, 9.17) is 4.74 Å². The van der Waals surface area contributed by atoms with Crippen LogP contribution in [-0.2, 0) is 9.59 Å². The Hall–Kier alpha value is -3.13. The zero-order chi connectivity index (χ0) is 19.8. The normalized spacial score (nSPS) is 15.9. The molecule has 0 saturated heterocycles. The Bertz CT molecular complexity index is 826. The van der Waals surface area contributed by atoms with Gasteiger partial charge in [0.05, 0.1) is 0 Å². The van der Waals surface area contributed by atoms with Crippen LogP contribution in [0.4, 0.5) is 0 Å². The number of unbranched alkanes of at least 4 members (excludes halogenated alkanes) is 2. The lowest BCUT2D eigenvalue weighted by atomic mass is 9.93. The average molecular weight is 364 g/mol. The van der Waals surface area contributed by atoms with Crippen LogP contribution in [0.3, 0.4) is 0 Å². The van der Waals surface area contributed by atoms with E-state index in [1.54, 1.807) is 31.2 Å². The van der Waals surface area contributed by atoms with Gasteiger partial charge in [-0.05, 0) is 42.7 Å². The molecule has 1 aliphatic heterocycles. The predicted molar refractivity (Wildman–Crippen MR) is 105 cm³/mol. The van der Waals surface area contributed by atoms with Crippen molar-refractivity contribution in [1.29, 1.82) is 5.26 Å². The molecule has 1 aromatic carbocycles. The molecule has 140 valence electrons. The number of imide groups is 1. The Balaban J connectivity index is 2.34. The summed E-state index contributed by atoms with van der Waals surface area (Å²) in [4.78, 5) is 26.5. The van der Waals surface area contributed by atoms with Gasteiger partial charge in [0.15, 0.2) is 0 Å². The first-order chi connectivity index (χ1) is 13.0. The van der Waals surface area contributed by atoms with E-state index >= 15 is 0 Å². The van der Waals surface area contributed by atoms with Crippen LogP contribution in [0.5, 0.6) is 5.75 Å². The summed E-state index contributed by atoms with van der Waals surface area (Å²) in [6.07, 6.45) is 6.02. The van der Waals surface area contributed by atoms with Crippen LogP contribution in [0.2, 0.25) is 0 Å². The summed E-state index contributed by atoms with van der Waals surface area (Å²) < 4.78 is 5.45. The van der Waals surface area contributed by atoms with Crippen molar-refractivity contribution < 1.29 is 14.3 Å². The predicted octanol–water partition coefficient (Wildman–Crippen LogP) is 4.03. The van der Waals surface area contributed by atoms with Gasteiger partial charge in [0.2, 0.25) is 0 Å². The molecule has 1 aromatic rings. The monoisotopic (exact) mass is 364 g/mol. The molecule has 5 nitrogen and oxygen atoms in total. The molecule has 2 amide bonds. The van der Waals surface area contributed by atoms with Crippen LogP contribution in [0.15, 0.2) is 53.6 Å². The molecule has 1 heterocycles. The lowest BCUT2D eigenvalue weighted by molar-refractivity contribution is -0.140. The van der Waals surface area contributed by atoms with Crippen LogP contribution in [-0.4, -0.2) is 29.9 Å². The van der Waals surface area contributed by atoms with Gasteiger partial charge in [-0.1, -0.05) is 44.6 Å². The van der Waals surface area contributed by atoms with Crippen LogP contribution in [0, 0.1) is 11.3 Å². The minimum absolute atomic E-state index is 0.0308. The topological polar surface area (TPSA) is 70.4 Å². The highest BCUT2D eigenvalue weighted by atomic mass is 16.5. The first-order valence-corrected chi connectivity index (χ1v) is 9.06. The molecule has 0 aliphatic carbocycles. The average Bonchev–Trinajstić information content (AvgIpc) is 2.67. The smallest absolute Gasteiger partial charge is 0.271 e. The lowest BCUT2D eigenvalue weighted by Crippen LogP contribution is -2.43. The van der Waals surface area contributed by atoms with Crippen molar-refractivity contribution in [3.8, 4) is 11.8 Å². The first-order valence-electron chi connectivity index (χ1n) is 9.06. The van der Waals surface area contributed by atoms with E-state index in [1.807, 2.05) is 18.2 Å². The highest BCUT2D eigenvalue weighted by molar-refractivity contribution is 6.19. The highest BCUT2D eigenvalue weighted by Gasteiger charge is 2.34. The largest absolute Gasteiger partial charge is 0.490 e. The number of hydrogen-bond donors (Lipinski definition) is 0. The lowest BCUT2D eigenvalue weighted by Gasteiger charge is -2.27. The number of hydrogen-bond acceptors (Lipinski definition) is 4. The summed E-state index contributed by atoms with van der Waals surface area (Å²) in [5.41, 5.74) is 1.63. The third kappa shape index (κ3) is 4.73. The first kappa shape index (κ1) is 20.2. The molecule has 0 radical (unpaired) electrons. The van der Waals surface area contributed by atoms with Crippen LogP contribution >= 0.6 is 0 Å². The van der Waals surface area contributed by atoms with Crippen LogP contribution < -0.4 is 4.74 Å². The van der Waals surface area contributed by atoms with Gasteiger partial charge in [0.1, 0.15) is 24.0 Å². The van der Waals surface area contributed by atoms with Gasteiger partial charge in [-0.15, -0.1) is 0 Å². The van der Waals surface area contributed by atoms with Crippen LogP contribution in [0.1, 0.15) is 38.7 Å². The fourth-order valence-corrected chi connectivity index (χ4v) is 2.83. The molecular formula is C22H24N2O3. The van der Waals surface area contributed by atoms with E-state index in [-0.39, 0.29) is 11.5 Å². The maximum absolute atomic E-state index is 12.9. The van der Waals surface area contributed by atoms with Gasteiger partial charge in [-0.25, -0.2) is 0 Å². The molecule has 0 unspecified atom stereocenters. The second-order valence-corrected chi connectivity index (χ2v) is 6.31. The Morgan fingerprint density at radius 3 is 2.48 bits per heavy atom. The maximum atomic E-state index is 12.9. The second kappa shape index (κ2) is 9.54. The summed E-state index contributed by atoms with van der Waals surface area (Å²) in [7, 11) is 0. The molecule has 0 aromatic heterocycles. The maximum Gasteiger partial charge on any atom is 0.271 e. The number of nitriles is 1. The van der Waals surface area contributed by atoms with Gasteiger partial charge in [-0.2, -0.15) is 5.26 Å². The number of nitrogens with zero attached hydrogens (tertiary/aromatic N) is 2. The molecule has 5 heteroatoms. The summed E-state index contributed by atoms with van der Waals surface area (Å²) in [6.45, 7) is 8.05. The molecule has 0 N–H and O–H groups in total. The van der Waals surface area contributed by atoms with Crippen molar-refractivity contribution in [2.45, 2.75) is 33.1 Å². The number of amides is 2. The SMILES string of the molecule is C=CCOc1ccc(/C=C2/C(=O)N(CCCCC)C(=O)C(C#N)=C2C)cc1. The summed E-state index contributed by atoms with van der Waals surface area (Å²) in [6, 6.07) is 9.22. The zero-order valence-corrected chi connectivity index (χ0v) is 15.8. The summed E-state index contributed by atoms with van der Waals surface area (Å²) in [5, 5.41) is 9.39. The summed E-state index contributed by atoms with van der Waals surface area (Å²) >= 11 is 0. The van der Waals surface area contributed by atoms with E-state index in [2.05, 4.69) is 13.5 Å². The van der Waals surface area contributed by atoms with Gasteiger partial charge >= 0.3 is 0 Å². The van der Waals surface area contributed by atoms with Gasteiger partial charge in [-0.3, -0.25) is 14.5 Å². The molecule has 0 bridgehead atoms. The number of ether oxygens (including phenoxy) is 1. The third-order valence-electron chi connectivity index (χ3n) is 4.37. The van der Waals surface area contributed by atoms with Crippen molar-refractivity contribution >= 4 is 17.9 Å². The van der Waals surface area contributed by atoms with Crippen molar-refractivity contribution in [3.63, 3.8) is 0 Å². The molecule has 0 atom stereocenters. The molecule has 0 saturated carbocycles. The van der Waals surface area contributed by atoms with Crippen molar-refractivity contribution in [1.82, 2.24) is 4.90 Å².